The van der Waals surface area contributed by atoms with Gasteiger partial charge in [-0.2, -0.15) is 0 Å². The summed E-state index contributed by atoms with van der Waals surface area (Å²) in [5, 5.41) is 4.14. The van der Waals surface area contributed by atoms with E-state index in [2.05, 4.69) is 34.0 Å². The zero-order valence-electron chi connectivity index (χ0n) is 14.5. The van der Waals surface area contributed by atoms with E-state index in [4.69, 9.17) is 0 Å². The van der Waals surface area contributed by atoms with Crippen molar-refractivity contribution in [3.63, 3.8) is 0 Å². The Kier molecular flexibility index (Phi) is 4.68. The highest BCUT2D eigenvalue weighted by atomic mass is 16.2. The third-order valence-corrected chi connectivity index (χ3v) is 5.33. The lowest BCUT2D eigenvalue weighted by Crippen LogP contribution is -2.54. The van der Waals surface area contributed by atoms with Crippen LogP contribution in [0.3, 0.4) is 0 Å². The molecule has 0 N–H and O–H groups in total. The van der Waals surface area contributed by atoms with Crippen molar-refractivity contribution in [1.82, 2.24) is 29.5 Å². The molecule has 0 aliphatic carbocycles. The van der Waals surface area contributed by atoms with Crippen molar-refractivity contribution in [1.29, 1.82) is 0 Å². The van der Waals surface area contributed by atoms with E-state index < -0.39 is 0 Å². The summed E-state index contributed by atoms with van der Waals surface area (Å²) in [4.78, 5) is 23.4. The minimum Gasteiger partial charge on any atom is -0.336 e. The molecule has 23 heavy (non-hydrogen) atoms. The molecule has 2 aliphatic rings. The number of hydrogen-bond acceptors (Lipinski definition) is 5. The molecule has 3 heterocycles. The first-order valence-corrected chi connectivity index (χ1v) is 8.55. The standard InChI is InChI=1S/C16H28N6O/c1-19(2)11-12-22-8-4-5-16(22)6-9-21(10-7-16)15(23)14-17-13-20(3)18-14/h13H,4-12H2,1-3H3. The maximum absolute atomic E-state index is 12.5. The second-order valence-corrected chi connectivity index (χ2v) is 7.15. The number of hydrogen-bond donors (Lipinski definition) is 0. The first kappa shape index (κ1) is 16.4. The van der Waals surface area contributed by atoms with Gasteiger partial charge >= 0.3 is 0 Å². The van der Waals surface area contributed by atoms with Crippen molar-refractivity contribution in [2.75, 3.05) is 46.8 Å². The van der Waals surface area contributed by atoms with E-state index >= 15 is 0 Å². The van der Waals surface area contributed by atoms with Gasteiger partial charge in [0.1, 0.15) is 6.33 Å². The van der Waals surface area contributed by atoms with Gasteiger partial charge in [0.05, 0.1) is 0 Å². The second kappa shape index (κ2) is 6.57. The molecule has 0 atom stereocenters. The van der Waals surface area contributed by atoms with Crippen LogP contribution in [-0.4, -0.2) is 87.7 Å². The van der Waals surface area contributed by atoms with Gasteiger partial charge in [0.15, 0.2) is 0 Å². The number of nitrogens with zero attached hydrogens (tertiary/aromatic N) is 6. The smallest absolute Gasteiger partial charge is 0.293 e. The summed E-state index contributed by atoms with van der Waals surface area (Å²) in [6.45, 7) is 5.06. The lowest BCUT2D eigenvalue weighted by molar-refractivity contribution is 0.0385. The minimum absolute atomic E-state index is 0.0294. The Hall–Kier alpha value is -1.47. The molecule has 1 spiro atoms. The quantitative estimate of drug-likeness (QED) is 0.806. The molecule has 3 rings (SSSR count). The normalized spacial score (nSPS) is 21.5. The lowest BCUT2D eigenvalue weighted by atomic mass is 9.85. The third kappa shape index (κ3) is 3.40. The van der Waals surface area contributed by atoms with Gasteiger partial charge in [-0.05, 0) is 46.3 Å². The maximum Gasteiger partial charge on any atom is 0.293 e. The highest BCUT2D eigenvalue weighted by Crippen LogP contribution is 2.38. The van der Waals surface area contributed by atoms with Gasteiger partial charge in [-0.25, -0.2) is 4.98 Å². The fourth-order valence-electron chi connectivity index (χ4n) is 3.93. The molecular weight excluding hydrogens is 292 g/mol. The van der Waals surface area contributed by atoms with E-state index in [-0.39, 0.29) is 5.91 Å². The average Bonchev–Trinajstić information content (AvgIpc) is 3.12. The molecule has 1 amide bonds. The van der Waals surface area contributed by atoms with Crippen LogP contribution >= 0.6 is 0 Å². The molecule has 1 aromatic heterocycles. The summed E-state index contributed by atoms with van der Waals surface area (Å²) in [6, 6.07) is 0. The van der Waals surface area contributed by atoms with Crippen LogP contribution in [0.2, 0.25) is 0 Å². The molecule has 7 nitrogen and oxygen atoms in total. The highest BCUT2D eigenvalue weighted by Gasteiger charge is 2.43. The lowest BCUT2D eigenvalue weighted by Gasteiger charge is -2.45. The van der Waals surface area contributed by atoms with Gasteiger partial charge in [-0.3, -0.25) is 14.4 Å². The number of carbonyl (C=O) groups is 1. The zero-order valence-corrected chi connectivity index (χ0v) is 14.5. The Morgan fingerprint density at radius 1 is 1.26 bits per heavy atom. The summed E-state index contributed by atoms with van der Waals surface area (Å²) >= 11 is 0. The van der Waals surface area contributed by atoms with Crippen LogP contribution in [-0.2, 0) is 7.05 Å². The summed E-state index contributed by atoms with van der Waals surface area (Å²) in [5.74, 6) is 0.289. The molecule has 7 heteroatoms. The average molecular weight is 320 g/mol. The number of likely N-dealkylation sites (N-methyl/N-ethyl adjacent to an activating group) is 1. The summed E-state index contributed by atoms with van der Waals surface area (Å²) in [5.41, 5.74) is 0.310. The van der Waals surface area contributed by atoms with Crippen LogP contribution in [0.25, 0.3) is 0 Å². The van der Waals surface area contributed by atoms with Crippen LogP contribution in [0.1, 0.15) is 36.3 Å². The number of carbonyl (C=O) groups excluding carboxylic acids is 1. The van der Waals surface area contributed by atoms with Crippen molar-refractivity contribution in [2.24, 2.45) is 7.05 Å². The topological polar surface area (TPSA) is 57.5 Å². The van der Waals surface area contributed by atoms with Crippen LogP contribution in [0.4, 0.5) is 0 Å². The van der Waals surface area contributed by atoms with E-state index in [0.29, 0.717) is 11.4 Å². The van der Waals surface area contributed by atoms with Gasteiger partial charge in [-0.1, -0.05) is 0 Å². The predicted molar refractivity (Wildman–Crippen MR) is 88.2 cm³/mol. The summed E-state index contributed by atoms with van der Waals surface area (Å²) < 4.78 is 1.58. The van der Waals surface area contributed by atoms with Crippen molar-refractivity contribution < 1.29 is 4.79 Å². The number of amides is 1. The van der Waals surface area contributed by atoms with Crippen molar-refractivity contribution >= 4 is 5.91 Å². The fourth-order valence-corrected chi connectivity index (χ4v) is 3.93. The molecule has 2 fully saturated rings. The number of aryl methyl sites for hydroxylation is 1. The number of rotatable bonds is 4. The maximum atomic E-state index is 12.5. The Morgan fingerprint density at radius 3 is 2.61 bits per heavy atom. The van der Waals surface area contributed by atoms with Gasteiger partial charge in [0.2, 0.25) is 5.82 Å². The largest absolute Gasteiger partial charge is 0.336 e. The van der Waals surface area contributed by atoms with Crippen LogP contribution in [0, 0.1) is 0 Å². The van der Waals surface area contributed by atoms with Crippen molar-refractivity contribution in [2.45, 2.75) is 31.2 Å². The molecule has 1 aromatic rings. The molecule has 2 saturated heterocycles. The summed E-state index contributed by atoms with van der Waals surface area (Å²) in [7, 11) is 6.05. The molecular formula is C16H28N6O. The van der Waals surface area contributed by atoms with Gasteiger partial charge in [-0.15, -0.1) is 5.10 Å². The first-order valence-electron chi connectivity index (χ1n) is 8.55. The third-order valence-electron chi connectivity index (χ3n) is 5.33. The first-order chi connectivity index (χ1) is 11.0. The van der Waals surface area contributed by atoms with Crippen LogP contribution < -0.4 is 0 Å². The number of likely N-dealkylation sites (tertiary alicyclic amines) is 2. The Morgan fingerprint density at radius 2 is 2.00 bits per heavy atom. The molecule has 0 saturated carbocycles. The molecule has 0 bridgehead atoms. The van der Waals surface area contributed by atoms with Crippen molar-refractivity contribution in [3.8, 4) is 0 Å². The highest BCUT2D eigenvalue weighted by molar-refractivity contribution is 5.90. The Bertz CT molecular complexity index is 547. The molecule has 128 valence electrons. The molecule has 0 radical (unpaired) electrons. The number of piperidine rings is 1. The number of aromatic nitrogens is 3. The van der Waals surface area contributed by atoms with Gasteiger partial charge in [0.25, 0.3) is 5.91 Å². The Labute approximate surface area is 138 Å². The fraction of sp³-hybridized carbons (Fsp3) is 0.812. The Balaban J connectivity index is 1.59. The predicted octanol–water partition coefficient (Wildman–Crippen LogP) is 0.447. The zero-order chi connectivity index (χ0) is 16.4. The minimum atomic E-state index is -0.0294. The van der Waals surface area contributed by atoms with Crippen LogP contribution in [0.5, 0.6) is 0 Å². The second-order valence-electron chi connectivity index (χ2n) is 7.15. The van der Waals surface area contributed by atoms with Crippen molar-refractivity contribution in [3.05, 3.63) is 12.2 Å². The molecule has 0 aromatic carbocycles. The van der Waals surface area contributed by atoms with E-state index in [1.54, 1.807) is 18.1 Å². The summed E-state index contributed by atoms with van der Waals surface area (Å²) in [6.07, 6.45) is 6.27. The van der Waals surface area contributed by atoms with Gasteiger partial charge in [0, 0.05) is 38.8 Å². The molecule has 2 aliphatic heterocycles. The van der Waals surface area contributed by atoms with E-state index in [9.17, 15) is 4.79 Å². The van der Waals surface area contributed by atoms with Crippen LogP contribution in [0.15, 0.2) is 6.33 Å². The van der Waals surface area contributed by atoms with E-state index in [1.807, 2.05) is 4.90 Å². The van der Waals surface area contributed by atoms with E-state index in [1.165, 1.54) is 19.4 Å². The monoisotopic (exact) mass is 320 g/mol. The SMILES string of the molecule is CN(C)CCN1CCCC12CCN(C(=O)c1ncn(C)n1)CC2. The molecule has 0 unspecified atom stereocenters. The van der Waals surface area contributed by atoms with Gasteiger partial charge < -0.3 is 9.80 Å². The van der Waals surface area contributed by atoms with E-state index in [0.717, 1.165) is 39.0 Å².